The normalized spacial score (nSPS) is 11.5. The first-order valence-electron chi connectivity index (χ1n) is 11.2. The van der Waals surface area contributed by atoms with Gasteiger partial charge in [0.05, 0.1) is 11.4 Å². The smallest absolute Gasteiger partial charge is 0.306 e. The van der Waals surface area contributed by atoms with Gasteiger partial charge in [0.2, 0.25) is 0 Å². The van der Waals surface area contributed by atoms with E-state index in [0.717, 1.165) is 0 Å². The highest BCUT2D eigenvalue weighted by Gasteiger charge is 2.25. The molecule has 2 amide bonds. The lowest BCUT2D eigenvalue weighted by Crippen LogP contribution is -2.35. The van der Waals surface area contributed by atoms with Gasteiger partial charge in [-0.2, -0.15) is 18.8 Å². The number of hydrogen-bond acceptors (Lipinski definition) is 7. The second-order valence-corrected chi connectivity index (χ2v) is 10.3. The van der Waals surface area contributed by atoms with Crippen LogP contribution < -0.4 is 10.0 Å². The van der Waals surface area contributed by atoms with Crippen LogP contribution in [0.2, 0.25) is 0 Å². The quantitative estimate of drug-likeness (QED) is 0.469. The van der Waals surface area contributed by atoms with Crippen LogP contribution in [0.25, 0.3) is 11.1 Å². The monoisotopic (exact) mass is 513 g/mol. The van der Waals surface area contributed by atoms with Gasteiger partial charge in [0.25, 0.3) is 10.0 Å². The molecule has 1 aromatic carbocycles. The predicted octanol–water partition coefficient (Wildman–Crippen LogP) is 3.67. The summed E-state index contributed by atoms with van der Waals surface area (Å²) in [6, 6.07) is 7.84. The van der Waals surface area contributed by atoms with Crippen molar-refractivity contribution in [2.75, 3.05) is 19.4 Å². The predicted molar refractivity (Wildman–Crippen MR) is 133 cm³/mol. The molecule has 3 rings (SSSR count). The van der Waals surface area contributed by atoms with E-state index >= 15 is 0 Å². The van der Waals surface area contributed by atoms with Gasteiger partial charge in [-0.3, -0.25) is 4.68 Å². The number of rotatable bonds is 8. The Morgan fingerprint density at radius 2 is 1.97 bits per heavy atom. The number of pyridine rings is 1. The number of carbonyl (C=O) groups excluding carboxylic acids is 1. The van der Waals surface area contributed by atoms with E-state index < -0.39 is 21.9 Å². The molecule has 2 aromatic heterocycles. The van der Waals surface area contributed by atoms with Crippen molar-refractivity contribution in [2.45, 2.75) is 44.8 Å². The zero-order valence-electron chi connectivity index (χ0n) is 20.7. The summed E-state index contributed by atoms with van der Waals surface area (Å²) in [4.78, 5) is 18.7. The van der Waals surface area contributed by atoms with Crippen LogP contribution in [-0.4, -0.2) is 48.2 Å². The van der Waals surface area contributed by atoms with Crippen molar-refractivity contribution in [3.8, 4) is 17.2 Å². The van der Waals surface area contributed by atoms with E-state index in [1.54, 1.807) is 10.7 Å². The Bertz CT molecular complexity index is 1430. The largest absolute Gasteiger partial charge is 0.333 e. The minimum atomic E-state index is -4.30. The molecule has 2 heterocycles. The molecule has 0 bridgehead atoms. The highest BCUT2D eigenvalue weighted by molar-refractivity contribution is 7.90. The third kappa shape index (κ3) is 6.05. The highest BCUT2D eigenvalue weighted by atomic mass is 32.2. The Labute approximate surface area is 209 Å². The van der Waals surface area contributed by atoms with Gasteiger partial charge in [0.15, 0.2) is 5.03 Å². The van der Waals surface area contributed by atoms with Gasteiger partial charge >= 0.3 is 6.03 Å². The van der Waals surface area contributed by atoms with Crippen LogP contribution in [-0.2, 0) is 23.1 Å². The highest BCUT2D eigenvalue weighted by Crippen LogP contribution is 2.36. The van der Waals surface area contributed by atoms with Gasteiger partial charge in [-0.05, 0) is 62.3 Å². The molecule has 0 aliphatic carbocycles. The molecular weight excluding hydrogens is 485 g/mol. The summed E-state index contributed by atoms with van der Waals surface area (Å²) in [6.45, 7) is 6.39. The van der Waals surface area contributed by atoms with Crippen LogP contribution in [0.1, 0.15) is 43.6 Å². The zero-order valence-corrected chi connectivity index (χ0v) is 21.5. The molecule has 0 saturated heterocycles. The molecule has 2 N–H and O–H groups in total. The molecule has 0 saturated carbocycles. The van der Waals surface area contributed by atoms with E-state index in [-0.39, 0.29) is 27.9 Å². The number of aryl methyl sites for hydroxylation is 1. The van der Waals surface area contributed by atoms with Crippen LogP contribution in [0, 0.1) is 17.1 Å². The summed E-state index contributed by atoms with van der Waals surface area (Å²) in [5.41, 5.74) is 2.20. The molecule has 0 aliphatic heterocycles. The van der Waals surface area contributed by atoms with Crippen molar-refractivity contribution in [3.63, 3.8) is 0 Å². The summed E-state index contributed by atoms with van der Waals surface area (Å²) < 4.78 is 44.0. The van der Waals surface area contributed by atoms with Crippen LogP contribution in [0.3, 0.4) is 0 Å². The minimum Gasteiger partial charge on any atom is -0.306 e. The third-order valence-corrected chi connectivity index (χ3v) is 6.50. The lowest BCUT2D eigenvalue weighted by molar-refractivity contribution is 0.256. The first-order valence-corrected chi connectivity index (χ1v) is 12.7. The van der Waals surface area contributed by atoms with E-state index in [1.165, 1.54) is 30.5 Å². The number of hydrogen-bond donors (Lipinski definition) is 2. The fraction of sp³-hybridized carbons (Fsp3) is 0.333. The molecule has 0 aliphatic rings. The maximum Gasteiger partial charge on any atom is 0.333 e. The van der Waals surface area contributed by atoms with Gasteiger partial charge in [-0.25, -0.2) is 18.9 Å². The number of aromatic nitrogens is 3. The summed E-state index contributed by atoms with van der Waals surface area (Å²) in [6.07, 6.45) is 1.40. The van der Waals surface area contributed by atoms with Crippen LogP contribution >= 0.6 is 0 Å². The van der Waals surface area contributed by atoms with E-state index in [0.29, 0.717) is 29.9 Å². The van der Waals surface area contributed by atoms with Crippen LogP contribution in [0.15, 0.2) is 41.6 Å². The molecular formula is C24H28FN7O3S. The molecule has 10 nitrogen and oxygen atoms in total. The van der Waals surface area contributed by atoms with Crippen molar-refractivity contribution in [3.05, 3.63) is 59.3 Å². The summed E-state index contributed by atoms with van der Waals surface area (Å²) in [5.74, 6) is -0.751. The van der Waals surface area contributed by atoms with Crippen molar-refractivity contribution >= 4 is 21.7 Å². The van der Waals surface area contributed by atoms with E-state index in [2.05, 4.69) is 15.4 Å². The number of nitrogens with one attached hydrogen (secondary N) is 2. The molecule has 3 aromatic rings. The minimum absolute atomic E-state index is 0.112. The average Bonchev–Trinajstić information content (AvgIpc) is 3.22. The van der Waals surface area contributed by atoms with Gasteiger partial charge < -0.3 is 10.2 Å². The zero-order chi connectivity index (χ0) is 26.6. The molecule has 12 heteroatoms. The second kappa shape index (κ2) is 10.8. The number of urea groups is 1. The molecule has 0 atom stereocenters. The van der Waals surface area contributed by atoms with Crippen molar-refractivity contribution < 1.29 is 17.6 Å². The molecule has 0 fully saturated rings. The fourth-order valence-electron chi connectivity index (χ4n) is 3.71. The van der Waals surface area contributed by atoms with E-state index in [9.17, 15) is 22.9 Å². The van der Waals surface area contributed by atoms with Crippen molar-refractivity contribution in [1.29, 1.82) is 5.26 Å². The standard InChI is InChI=1S/C24H28FN7O3S/c1-6-32-19(14-31(4)5)12-22(29-32)36(34,35)30-24(33)28-23-20(15(2)3)10-17(25)11-21(23)16-7-8-27-18(9-16)13-26/h7-12,15H,6,14H2,1-5H3,(H2,28,30,33). The number of benzene rings is 1. The maximum absolute atomic E-state index is 14.5. The topological polar surface area (TPSA) is 133 Å². The molecule has 36 heavy (non-hydrogen) atoms. The van der Waals surface area contributed by atoms with Gasteiger partial charge in [0, 0.05) is 30.9 Å². The summed E-state index contributed by atoms with van der Waals surface area (Å²) >= 11 is 0. The average molecular weight is 514 g/mol. The van der Waals surface area contributed by atoms with Gasteiger partial charge in [0.1, 0.15) is 17.6 Å². The summed E-state index contributed by atoms with van der Waals surface area (Å²) in [5, 5.41) is 15.6. The number of carbonyl (C=O) groups is 1. The van der Waals surface area contributed by atoms with Crippen LogP contribution in [0.4, 0.5) is 14.9 Å². The molecule has 0 radical (unpaired) electrons. The van der Waals surface area contributed by atoms with E-state index in [4.69, 9.17) is 0 Å². The lowest BCUT2D eigenvalue weighted by atomic mass is 9.94. The Hall–Kier alpha value is -3.82. The van der Waals surface area contributed by atoms with Crippen molar-refractivity contribution in [1.82, 2.24) is 24.4 Å². The molecule has 0 spiro atoms. The first kappa shape index (κ1) is 26.8. The Morgan fingerprint density at radius 3 is 2.58 bits per heavy atom. The maximum atomic E-state index is 14.5. The Kier molecular flexibility index (Phi) is 8.07. The Balaban J connectivity index is 1.98. The summed E-state index contributed by atoms with van der Waals surface area (Å²) in [7, 11) is -0.598. The van der Waals surface area contributed by atoms with E-state index in [1.807, 2.05) is 50.6 Å². The number of anilines is 1. The number of halogens is 1. The van der Waals surface area contributed by atoms with Crippen molar-refractivity contribution in [2.24, 2.45) is 0 Å². The first-order chi connectivity index (χ1) is 16.9. The number of nitriles is 1. The lowest BCUT2D eigenvalue weighted by Gasteiger charge is -2.19. The van der Waals surface area contributed by atoms with Gasteiger partial charge in [-0.15, -0.1) is 0 Å². The second-order valence-electron chi connectivity index (χ2n) is 8.70. The number of nitrogens with zero attached hydrogens (tertiary/aromatic N) is 5. The Morgan fingerprint density at radius 1 is 1.25 bits per heavy atom. The fourth-order valence-corrected chi connectivity index (χ4v) is 4.61. The third-order valence-electron chi connectivity index (χ3n) is 5.30. The van der Waals surface area contributed by atoms with Crippen LogP contribution in [0.5, 0.6) is 0 Å². The molecule has 190 valence electrons. The number of sulfonamides is 1. The van der Waals surface area contributed by atoms with Gasteiger partial charge in [-0.1, -0.05) is 13.8 Å². The SMILES string of the molecule is CCn1nc(S(=O)(=O)NC(=O)Nc2c(-c3ccnc(C#N)c3)cc(F)cc2C(C)C)cc1CN(C)C. The molecule has 0 unspecified atom stereocenters. The number of amides is 2.